The summed E-state index contributed by atoms with van der Waals surface area (Å²) in [7, 11) is 0. The molecule has 2 heteroatoms. The smallest absolute Gasteiger partial charge is 0.0294 e. The van der Waals surface area contributed by atoms with Crippen molar-refractivity contribution in [2.24, 2.45) is 0 Å². The lowest BCUT2D eigenvalue weighted by Crippen LogP contribution is -2.37. The second-order valence-corrected chi connectivity index (χ2v) is 6.44. The lowest BCUT2D eigenvalue weighted by atomic mass is 10.0. The first-order chi connectivity index (χ1) is 9.65. The van der Waals surface area contributed by atoms with Crippen LogP contribution in [0.3, 0.4) is 0 Å². The van der Waals surface area contributed by atoms with Crippen molar-refractivity contribution >= 4 is 0 Å². The van der Waals surface area contributed by atoms with E-state index in [0.717, 1.165) is 0 Å². The Morgan fingerprint density at radius 2 is 2.10 bits per heavy atom. The van der Waals surface area contributed by atoms with Crippen LogP contribution >= 0.6 is 0 Å². The van der Waals surface area contributed by atoms with Gasteiger partial charge in [0.05, 0.1) is 0 Å². The summed E-state index contributed by atoms with van der Waals surface area (Å²) in [6, 6.07) is 10.5. The van der Waals surface area contributed by atoms with Gasteiger partial charge in [-0.2, -0.15) is 0 Å². The van der Waals surface area contributed by atoms with Crippen molar-refractivity contribution < 1.29 is 0 Å². The van der Waals surface area contributed by atoms with Gasteiger partial charge >= 0.3 is 0 Å². The van der Waals surface area contributed by atoms with Crippen LogP contribution in [0.4, 0.5) is 0 Å². The molecule has 1 aliphatic heterocycles. The fraction of sp³-hybridized carbons (Fsp3) is 0.667. The van der Waals surface area contributed by atoms with Gasteiger partial charge in [0.1, 0.15) is 0 Å². The molecular weight excluding hydrogens is 244 g/mol. The van der Waals surface area contributed by atoms with Gasteiger partial charge in [-0.3, -0.25) is 0 Å². The van der Waals surface area contributed by atoms with Crippen molar-refractivity contribution in [2.75, 3.05) is 6.54 Å². The highest BCUT2D eigenvalue weighted by Gasteiger charge is 2.16. The maximum Gasteiger partial charge on any atom is 0.0294 e. The molecule has 0 radical (unpaired) electrons. The van der Waals surface area contributed by atoms with Crippen LogP contribution in [0.15, 0.2) is 24.3 Å². The summed E-state index contributed by atoms with van der Waals surface area (Å²) < 4.78 is 0. The van der Waals surface area contributed by atoms with E-state index >= 15 is 0 Å². The van der Waals surface area contributed by atoms with Gasteiger partial charge in [-0.15, -0.1) is 0 Å². The van der Waals surface area contributed by atoms with Crippen LogP contribution in [-0.4, -0.2) is 18.6 Å². The predicted molar refractivity (Wildman–Crippen MR) is 87.1 cm³/mol. The Morgan fingerprint density at radius 1 is 1.25 bits per heavy atom. The van der Waals surface area contributed by atoms with Gasteiger partial charge < -0.3 is 10.6 Å². The third kappa shape index (κ3) is 4.92. The topological polar surface area (TPSA) is 24.1 Å². The summed E-state index contributed by atoms with van der Waals surface area (Å²) >= 11 is 0. The van der Waals surface area contributed by atoms with Crippen molar-refractivity contribution in [1.29, 1.82) is 0 Å². The standard InChI is InChI=1S/C18H30N2/c1-14-8-7-9-17(12-14)16(3)20-15(2)13-18-10-5-4-6-11-19-18/h7-9,12,15-16,18-20H,4-6,10-11,13H2,1-3H3/t15?,16-,18?/m1/s1. The van der Waals surface area contributed by atoms with Crippen LogP contribution in [0.25, 0.3) is 0 Å². The summed E-state index contributed by atoms with van der Waals surface area (Å²) in [5, 5.41) is 7.45. The first kappa shape index (κ1) is 15.5. The molecule has 2 nitrogen and oxygen atoms in total. The SMILES string of the molecule is Cc1cccc([C@@H](C)NC(C)CC2CCCCCN2)c1. The molecule has 0 spiro atoms. The molecule has 1 heterocycles. The zero-order valence-electron chi connectivity index (χ0n) is 13.3. The van der Waals surface area contributed by atoms with Gasteiger partial charge in [-0.1, -0.05) is 42.7 Å². The third-order valence-corrected chi connectivity index (χ3v) is 4.38. The monoisotopic (exact) mass is 274 g/mol. The maximum absolute atomic E-state index is 3.75. The highest BCUT2D eigenvalue weighted by atomic mass is 15.0. The largest absolute Gasteiger partial charge is 0.314 e. The molecule has 1 aromatic rings. The maximum atomic E-state index is 3.75. The van der Waals surface area contributed by atoms with E-state index in [0.29, 0.717) is 18.1 Å². The van der Waals surface area contributed by atoms with Crippen LogP contribution in [0, 0.1) is 6.92 Å². The van der Waals surface area contributed by atoms with Crippen molar-refractivity contribution in [1.82, 2.24) is 10.6 Å². The van der Waals surface area contributed by atoms with Gasteiger partial charge in [0.2, 0.25) is 0 Å². The van der Waals surface area contributed by atoms with E-state index in [4.69, 9.17) is 0 Å². The Morgan fingerprint density at radius 3 is 2.90 bits per heavy atom. The summed E-state index contributed by atoms with van der Waals surface area (Å²) in [4.78, 5) is 0. The average molecular weight is 274 g/mol. The van der Waals surface area contributed by atoms with E-state index in [-0.39, 0.29) is 0 Å². The Kier molecular flexibility index (Phi) is 6.06. The molecule has 0 aliphatic carbocycles. The molecule has 112 valence electrons. The Hall–Kier alpha value is -0.860. The first-order valence-corrected chi connectivity index (χ1v) is 8.21. The molecule has 0 aromatic heterocycles. The molecule has 2 unspecified atom stereocenters. The number of hydrogen-bond acceptors (Lipinski definition) is 2. The normalized spacial score (nSPS) is 23.1. The molecule has 0 bridgehead atoms. The molecule has 1 aromatic carbocycles. The summed E-state index contributed by atoms with van der Waals surface area (Å²) in [6.07, 6.45) is 6.70. The van der Waals surface area contributed by atoms with Gasteiger partial charge in [-0.05, 0) is 52.1 Å². The van der Waals surface area contributed by atoms with Gasteiger partial charge in [0.15, 0.2) is 0 Å². The van der Waals surface area contributed by atoms with Crippen molar-refractivity contribution in [2.45, 2.75) is 71.0 Å². The number of aryl methyl sites for hydroxylation is 1. The number of benzene rings is 1. The molecule has 1 saturated heterocycles. The Labute approximate surface area is 124 Å². The molecule has 0 saturated carbocycles. The van der Waals surface area contributed by atoms with Gasteiger partial charge in [0.25, 0.3) is 0 Å². The van der Waals surface area contributed by atoms with Crippen LogP contribution in [0.1, 0.15) is 63.1 Å². The van der Waals surface area contributed by atoms with E-state index in [2.05, 4.69) is 55.7 Å². The van der Waals surface area contributed by atoms with Crippen molar-refractivity contribution in [3.63, 3.8) is 0 Å². The molecule has 2 N–H and O–H groups in total. The number of hydrogen-bond donors (Lipinski definition) is 2. The summed E-state index contributed by atoms with van der Waals surface area (Å²) in [5.74, 6) is 0. The van der Waals surface area contributed by atoms with Gasteiger partial charge in [-0.25, -0.2) is 0 Å². The number of nitrogens with one attached hydrogen (secondary N) is 2. The molecular formula is C18H30N2. The fourth-order valence-electron chi connectivity index (χ4n) is 3.26. The zero-order valence-corrected chi connectivity index (χ0v) is 13.3. The van der Waals surface area contributed by atoms with E-state index < -0.39 is 0 Å². The minimum Gasteiger partial charge on any atom is -0.314 e. The van der Waals surface area contributed by atoms with Crippen molar-refractivity contribution in [3.8, 4) is 0 Å². The van der Waals surface area contributed by atoms with E-state index in [1.54, 1.807) is 0 Å². The van der Waals surface area contributed by atoms with Crippen LogP contribution in [0.2, 0.25) is 0 Å². The lowest BCUT2D eigenvalue weighted by Gasteiger charge is -2.25. The van der Waals surface area contributed by atoms with E-state index in [1.165, 1.54) is 49.8 Å². The van der Waals surface area contributed by atoms with E-state index in [9.17, 15) is 0 Å². The Balaban J connectivity index is 1.82. The molecule has 20 heavy (non-hydrogen) atoms. The minimum atomic E-state index is 0.427. The summed E-state index contributed by atoms with van der Waals surface area (Å²) in [6.45, 7) is 7.95. The van der Waals surface area contributed by atoms with Gasteiger partial charge in [0, 0.05) is 18.1 Å². The second-order valence-electron chi connectivity index (χ2n) is 6.44. The molecule has 1 aliphatic rings. The highest BCUT2D eigenvalue weighted by molar-refractivity contribution is 5.24. The molecule has 3 atom stereocenters. The lowest BCUT2D eigenvalue weighted by molar-refractivity contribution is 0.380. The fourth-order valence-corrected chi connectivity index (χ4v) is 3.26. The van der Waals surface area contributed by atoms with Crippen LogP contribution in [0.5, 0.6) is 0 Å². The average Bonchev–Trinajstić information content (AvgIpc) is 2.67. The van der Waals surface area contributed by atoms with Crippen LogP contribution in [-0.2, 0) is 0 Å². The van der Waals surface area contributed by atoms with Crippen molar-refractivity contribution in [3.05, 3.63) is 35.4 Å². The van der Waals surface area contributed by atoms with Crippen LogP contribution < -0.4 is 10.6 Å². The van der Waals surface area contributed by atoms with E-state index in [1.807, 2.05) is 0 Å². The quantitative estimate of drug-likeness (QED) is 0.849. The molecule has 0 amide bonds. The molecule has 1 fully saturated rings. The third-order valence-electron chi connectivity index (χ3n) is 4.38. The highest BCUT2D eigenvalue weighted by Crippen LogP contribution is 2.17. The minimum absolute atomic E-state index is 0.427. The molecule has 2 rings (SSSR count). The first-order valence-electron chi connectivity index (χ1n) is 8.21. The number of rotatable bonds is 5. The Bertz CT molecular complexity index is 394. The summed E-state index contributed by atoms with van der Waals surface area (Å²) in [5.41, 5.74) is 2.74. The zero-order chi connectivity index (χ0) is 14.4. The predicted octanol–water partition coefficient (Wildman–Crippen LogP) is 3.96. The second kappa shape index (κ2) is 7.80.